The van der Waals surface area contributed by atoms with Crippen molar-refractivity contribution in [1.29, 1.82) is 0 Å². The highest BCUT2D eigenvalue weighted by Crippen LogP contribution is 2.45. The van der Waals surface area contributed by atoms with Crippen molar-refractivity contribution in [3.8, 4) is 5.75 Å². The van der Waals surface area contributed by atoms with Gasteiger partial charge in [-0.15, -0.1) is 0 Å². The van der Waals surface area contributed by atoms with Gasteiger partial charge in [0.25, 0.3) is 0 Å². The molecular weight excluding hydrogens is 448 g/mol. The van der Waals surface area contributed by atoms with Crippen molar-refractivity contribution in [2.45, 2.75) is 38.1 Å². The smallest absolute Gasteiger partial charge is 0.414 e. The van der Waals surface area contributed by atoms with Crippen LogP contribution in [-0.4, -0.2) is 54.2 Å². The second-order valence-electron chi connectivity index (χ2n) is 7.49. The van der Waals surface area contributed by atoms with Gasteiger partial charge in [0, 0.05) is 23.0 Å². The van der Waals surface area contributed by atoms with E-state index in [-0.39, 0.29) is 13.2 Å². The molecule has 0 aliphatic carbocycles. The summed E-state index contributed by atoms with van der Waals surface area (Å²) in [6, 6.07) is 5.85. The highest BCUT2D eigenvalue weighted by atomic mass is 19.4. The molecule has 0 spiro atoms. The van der Waals surface area contributed by atoms with E-state index >= 15 is 0 Å². The summed E-state index contributed by atoms with van der Waals surface area (Å²) >= 11 is 0. The molecule has 2 aromatic rings. The lowest BCUT2D eigenvalue weighted by atomic mass is 9.85. The number of benzene rings is 1. The maximum absolute atomic E-state index is 13.5. The molecule has 182 valence electrons. The van der Waals surface area contributed by atoms with Crippen LogP contribution in [0, 0.1) is 18.7 Å². The number of rotatable bonds is 6. The molecule has 33 heavy (non-hydrogen) atoms. The third-order valence-electron chi connectivity index (χ3n) is 5.39. The lowest BCUT2D eigenvalue weighted by molar-refractivity contribution is -0.215. The van der Waals surface area contributed by atoms with Crippen molar-refractivity contribution in [1.82, 2.24) is 4.98 Å². The van der Waals surface area contributed by atoms with Gasteiger partial charge in [-0.05, 0) is 25.1 Å². The number of nitrogens with one attached hydrogen (secondary N) is 1. The van der Waals surface area contributed by atoms with Crippen molar-refractivity contribution >= 4 is 12.1 Å². The molecule has 1 aromatic heterocycles. The summed E-state index contributed by atoms with van der Waals surface area (Å²) in [5, 5.41) is 20.2. The normalized spacial score (nSPS) is 21.1. The molecule has 0 bridgehead atoms. The van der Waals surface area contributed by atoms with Gasteiger partial charge in [0.15, 0.2) is 6.10 Å². The number of anilines is 1. The van der Waals surface area contributed by atoms with Crippen molar-refractivity contribution in [2.24, 2.45) is 5.92 Å². The van der Waals surface area contributed by atoms with Crippen LogP contribution < -0.4 is 10.1 Å². The molecule has 4 atom stereocenters. The summed E-state index contributed by atoms with van der Waals surface area (Å²) < 4.78 is 62.0. The predicted molar refractivity (Wildman–Crippen MR) is 111 cm³/mol. The van der Waals surface area contributed by atoms with E-state index in [9.17, 15) is 22.4 Å². The molecule has 0 radical (unpaired) electrons. The van der Waals surface area contributed by atoms with Gasteiger partial charge in [0.1, 0.15) is 17.7 Å². The Kier molecular flexibility index (Phi) is 9.15. The number of carbonyl (C=O) groups excluding carboxylic acids is 1. The fourth-order valence-corrected chi connectivity index (χ4v) is 3.59. The molecule has 1 aliphatic heterocycles. The minimum absolute atomic E-state index is 0.0488. The molecule has 1 saturated heterocycles. The van der Waals surface area contributed by atoms with Crippen LogP contribution in [0.4, 0.5) is 23.2 Å². The first-order valence-corrected chi connectivity index (χ1v) is 10.0. The number of amides is 1. The Hall–Kier alpha value is -2.76. The summed E-state index contributed by atoms with van der Waals surface area (Å²) in [5.74, 6) is -1.34. The molecule has 2 heterocycles. The largest absolute Gasteiger partial charge is 0.496 e. The summed E-state index contributed by atoms with van der Waals surface area (Å²) in [7, 11) is 1.38. The van der Waals surface area contributed by atoms with Crippen LogP contribution in [0.25, 0.3) is 0 Å². The van der Waals surface area contributed by atoms with E-state index in [2.05, 4.69) is 10.3 Å². The number of aliphatic hydroxyl groups is 2. The number of aromatic nitrogens is 1. The number of nitrogens with zero attached hydrogens (tertiary/aromatic N) is 1. The highest BCUT2D eigenvalue weighted by Gasteiger charge is 2.51. The van der Waals surface area contributed by atoms with Crippen LogP contribution in [0.1, 0.15) is 35.8 Å². The minimum atomic E-state index is -4.39. The van der Waals surface area contributed by atoms with E-state index < -0.39 is 36.0 Å². The van der Waals surface area contributed by atoms with E-state index in [0.29, 0.717) is 34.7 Å². The summed E-state index contributed by atoms with van der Waals surface area (Å²) in [4.78, 5) is 13.9. The van der Waals surface area contributed by atoms with Crippen molar-refractivity contribution < 1.29 is 42.0 Å². The SMILES string of the molecule is COc1c(C2COC(C(F)(F)F)C2C)ccc(F)c1C.O=CNc1ccc(C(O)CO)nc1. The number of ether oxygens (including phenoxy) is 2. The van der Waals surface area contributed by atoms with E-state index in [0.717, 1.165) is 0 Å². The van der Waals surface area contributed by atoms with Gasteiger partial charge in [0.05, 0.1) is 37.9 Å². The van der Waals surface area contributed by atoms with Gasteiger partial charge in [-0.3, -0.25) is 9.78 Å². The highest BCUT2D eigenvalue weighted by molar-refractivity contribution is 5.70. The average molecular weight is 474 g/mol. The van der Waals surface area contributed by atoms with Crippen molar-refractivity contribution in [3.05, 3.63) is 53.1 Å². The van der Waals surface area contributed by atoms with E-state index in [4.69, 9.17) is 19.7 Å². The van der Waals surface area contributed by atoms with Gasteiger partial charge >= 0.3 is 6.18 Å². The van der Waals surface area contributed by atoms with Gasteiger partial charge in [-0.1, -0.05) is 13.0 Å². The molecule has 1 aromatic carbocycles. The number of hydrogen-bond acceptors (Lipinski definition) is 6. The fraction of sp³-hybridized carbons (Fsp3) is 0.455. The standard InChI is InChI=1S/C14H16F4O2.C8H10N2O3/c1-7-10(6-20-13(7)14(16,17)18)9-4-5-11(15)8(2)12(9)19-3;11-4-8(13)7-2-1-6(3-9-7)10-5-12/h4-5,7,10,13H,6H2,1-3H3;1-3,5,8,11,13H,4H2,(H,10,12). The Morgan fingerprint density at radius 1 is 1.33 bits per heavy atom. The lowest BCUT2D eigenvalue weighted by Crippen LogP contribution is -2.33. The van der Waals surface area contributed by atoms with E-state index in [1.165, 1.54) is 38.4 Å². The molecule has 1 fully saturated rings. The maximum Gasteiger partial charge on any atom is 0.414 e. The lowest BCUT2D eigenvalue weighted by Gasteiger charge is -2.22. The molecule has 11 heteroatoms. The Bertz CT molecular complexity index is 924. The number of aliphatic hydroxyl groups excluding tert-OH is 2. The minimum Gasteiger partial charge on any atom is -0.496 e. The Labute approximate surface area is 188 Å². The quantitative estimate of drug-likeness (QED) is 0.438. The second kappa shape index (κ2) is 11.4. The third kappa shape index (κ3) is 6.40. The number of methoxy groups -OCH3 is 1. The second-order valence-corrected chi connectivity index (χ2v) is 7.49. The Balaban J connectivity index is 0.000000257. The Morgan fingerprint density at radius 2 is 2.03 bits per heavy atom. The van der Waals surface area contributed by atoms with Crippen molar-refractivity contribution in [3.63, 3.8) is 0 Å². The molecule has 7 nitrogen and oxygen atoms in total. The van der Waals surface area contributed by atoms with Crippen LogP contribution in [0.15, 0.2) is 30.5 Å². The van der Waals surface area contributed by atoms with Gasteiger partial charge in [0.2, 0.25) is 6.41 Å². The maximum atomic E-state index is 13.5. The first-order valence-electron chi connectivity index (χ1n) is 10.0. The number of halogens is 4. The molecule has 1 aliphatic rings. The van der Waals surface area contributed by atoms with Crippen molar-refractivity contribution in [2.75, 3.05) is 25.6 Å². The average Bonchev–Trinajstić information content (AvgIpc) is 3.18. The number of pyridine rings is 1. The van der Waals surface area contributed by atoms with E-state index in [1.807, 2.05) is 0 Å². The molecule has 0 saturated carbocycles. The monoisotopic (exact) mass is 474 g/mol. The van der Waals surface area contributed by atoms with E-state index in [1.54, 1.807) is 13.0 Å². The topological polar surface area (TPSA) is 101 Å². The predicted octanol–water partition coefficient (Wildman–Crippen LogP) is 3.50. The number of carbonyl (C=O) groups is 1. The summed E-state index contributed by atoms with van der Waals surface area (Å²) in [5.41, 5.74) is 1.78. The zero-order chi connectivity index (χ0) is 24.8. The van der Waals surface area contributed by atoms with Gasteiger partial charge in [-0.2, -0.15) is 13.2 Å². The summed E-state index contributed by atoms with van der Waals surface area (Å²) in [6.45, 7) is 2.62. The number of alkyl halides is 3. The summed E-state index contributed by atoms with van der Waals surface area (Å²) in [6.07, 6.45) is -5.20. The molecule has 3 N–H and O–H groups in total. The van der Waals surface area contributed by atoms with Crippen LogP contribution in [-0.2, 0) is 9.53 Å². The zero-order valence-electron chi connectivity index (χ0n) is 18.3. The fourth-order valence-electron chi connectivity index (χ4n) is 3.59. The van der Waals surface area contributed by atoms with Crippen LogP contribution in [0.3, 0.4) is 0 Å². The molecular formula is C22H26F4N2O5. The van der Waals surface area contributed by atoms with Crippen LogP contribution >= 0.6 is 0 Å². The van der Waals surface area contributed by atoms with Crippen LogP contribution in [0.2, 0.25) is 0 Å². The van der Waals surface area contributed by atoms with Gasteiger partial charge in [-0.25, -0.2) is 4.39 Å². The molecule has 3 rings (SSSR count). The van der Waals surface area contributed by atoms with Gasteiger partial charge < -0.3 is 25.0 Å². The third-order valence-corrected chi connectivity index (χ3v) is 5.39. The van der Waals surface area contributed by atoms with Crippen LogP contribution in [0.5, 0.6) is 5.75 Å². The molecule has 4 unspecified atom stereocenters. The first-order chi connectivity index (χ1) is 15.5. The number of hydrogen-bond donors (Lipinski definition) is 3. The first kappa shape index (κ1) is 26.5. The molecule has 1 amide bonds. The zero-order valence-corrected chi connectivity index (χ0v) is 18.3. The Morgan fingerprint density at radius 3 is 2.52 bits per heavy atom.